The fourth-order valence-corrected chi connectivity index (χ4v) is 4.94. The zero-order valence-corrected chi connectivity index (χ0v) is 19.5. The maximum atomic E-state index is 9.88. The average Bonchev–Trinajstić information content (AvgIpc) is 2.79. The van der Waals surface area contributed by atoms with Crippen LogP contribution in [0.3, 0.4) is 0 Å². The molecule has 0 aliphatic carbocycles. The van der Waals surface area contributed by atoms with Crippen molar-refractivity contribution < 1.29 is 4.74 Å². The first-order chi connectivity index (χ1) is 15.0. The Kier molecular flexibility index (Phi) is 6.47. The first-order valence-electron chi connectivity index (χ1n) is 10.0. The molecule has 2 aromatic rings. The molecule has 0 saturated heterocycles. The summed E-state index contributed by atoms with van der Waals surface area (Å²) < 4.78 is 6.08. The van der Waals surface area contributed by atoms with Gasteiger partial charge in [-0.15, -0.1) is 23.5 Å². The average molecular weight is 448 g/mol. The molecule has 158 valence electrons. The van der Waals surface area contributed by atoms with Crippen LogP contribution in [0.25, 0.3) is 6.08 Å². The van der Waals surface area contributed by atoms with Crippen molar-refractivity contribution >= 4 is 29.6 Å². The Balaban J connectivity index is 1.81. The van der Waals surface area contributed by atoms with Gasteiger partial charge in [0.05, 0.1) is 5.92 Å². The minimum atomic E-state index is -0.199. The summed E-state index contributed by atoms with van der Waals surface area (Å²) in [6.07, 6.45) is 6.29. The number of likely N-dealkylation sites (N-methyl/N-ethyl adjacent to an activating group) is 1. The van der Waals surface area contributed by atoms with Crippen molar-refractivity contribution in [3.05, 3.63) is 88.0 Å². The van der Waals surface area contributed by atoms with E-state index < -0.39 is 0 Å². The largest absolute Gasteiger partial charge is 0.440 e. The number of hydrogen-bond donors (Lipinski definition) is 1. The molecule has 1 atom stereocenters. The summed E-state index contributed by atoms with van der Waals surface area (Å²) in [6.45, 7) is 1.49. The summed E-state index contributed by atoms with van der Waals surface area (Å²) >= 11 is 3.43. The molecule has 2 aliphatic heterocycles. The Hall–Kier alpha value is -2.59. The topological polar surface area (TPSA) is 62.3 Å². The van der Waals surface area contributed by atoms with E-state index in [4.69, 9.17) is 10.5 Å². The second-order valence-corrected chi connectivity index (χ2v) is 9.43. The van der Waals surface area contributed by atoms with Gasteiger partial charge in [-0.05, 0) is 66.6 Å². The van der Waals surface area contributed by atoms with Crippen LogP contribution < -0.4 is 5.73 Å². The summed E-state index contributed by atoms with van der Waals surface area (Å²) in [5.41, 5.74) is 11.1. The van der Waals surface area contributed by atoms with Crippen LogP contribution in [0.5, 0.6) is 0 Å². The Morgan fingerprint density at radius 1 is 1.03 bits per heavy atom. The van der Waals surface area contributed by atoms with Gasteiger partial charge in [0.1, 0.15) is 17.4 Å². The van der Waals surface area contributed by atoms with E-state index in [1.807, 2.05) is 0 Å². The van der Waals surface area contributed by atoms with E-state index in [1.165, 1.54) is 9.79 Å². The number of nitriles is 1. The molecule has 6 heteroatoms. The molecule has 2 N–H and O–H groups in total. The van der Waals surface area contributed by atoms with E-state index in [2.05, 4.69) is 85.1 Å². The molecule has 0 aromatic heterocycles. The Morgan fingerprint density at radius 3 is 2.23 bits per heavy atom. The molecular formula is C25H25N3OS2. The fraction of sp³-hybridized carbons (Fsp3) is 0.240. The van der Waals surface area contributed by atoms with Crippen LogP contribution >= 0.6 is 23.5 Å². The minimum absolute atomic E-state index is 0.199. The number of ether oxygens (including phenoxy) is 1. The van der Waals surface area contributed by atoms with Gasteiger partial charge in [0.25, 0.3) is 0 Å². The van der Waals surface area contributed by atoms with Crippen molar-refractivity contribution in [1.29, 1.82) is 5.26 Å². The molecule has 0 fully saturated rings. The molecular weight excluding hydrogens is 422 g/mol. The third-order valence-electron chi connectivity index (χ3n) is 5.60. The van der Waals surface area contributed by atoms with E-state index in [0.717, 1.165) is 41.1 Å². The highest BCUT2D eigenvalue weighted by Crippen LogP contribution is 2.43. The van der Waals surface area contributed by atoms with Crippen LogP contribution in [0.2, 0.25) is 0 Å². The van der Waals surface area contributed by atoms with E-state index >= 15 is 0 Å². The SMILES string of the molecule is CSc1ccc(/C=C2\CN(C)CC3=C2OC(N)=C(C#N)[C@@H]3c2ccc(SC)cc2)cc1. The molecule has 2 aromatic carbocycles. The van der Waals surface area contributed by atoms with Crippen LogP contribution in [-0.2, 0) is 4.74 Å². The lowest BCUT2D eigenvalue weighted by atomic mass is 9.80. The van der Waals surface area contributed by atoms with Gasteiger partial charge in [-0.25, -0.2) is 0 Å². The zero-order chi connectivity index (χ0) is 22.0. The maximum absolute atomic E-state index is 9.88. The molecule has 0 amide bonds. The Labute approximate surface area is 192 Å². The third kappa shape index (κ3) is 4.40. The van der Waals surface area contributed by atoms with Crippen molar-refractivity contribution in [2.75, 3.05) is 32.6 Å². The standard InChI is InChI=1S/C25H25N3OS2/c1-28-14-18(12-16-4-8-19(30-2)9-5-16)24-22(15-28)23(21(13-26)25(27)29-24)17-6-10-20(31-3)11-7-17/h4-12,23H,14-15,27H2,1-3H3/b18-12+/t23-/m0/s1. The van der Waals surface area contributed by atoms with Crippen LogP contribution in [-0.4, -0.2) is 37.5 Å². The van der Waals surface area contributed by atoms with Gasteiger partial charge in [-0.2, -0.15) is 5.26 Å². The van der Waals surface area contributed by atoms with Gasteiger partial charge in [0, 0.05) is 28.5 Å². The van der Waals surface area contributed by atoms with Gasteiger partial charge in [-0.1, -0.05) is 24.3 Å². The molecule has 0 radical (unpaired) electrons. The number of thioether (sulfide) groups is 2. The summed E-state index contributed by atoms with van der Waals surface area (Å²) in [5, 5.41) is 9.88. The highest BCUT2D eigenvalue weighted by Gasteiger charge is 2.36. The lowest BCUT2D eigenvalue weighted by Gasteiger charge is -2.37. The molecule has 2 heterocycles. The maximum Gasteiger partial charge on any atom is 0.205 e. The molecule has 4 nitrogen and oxygen atoms in total. The Bertz CT molecular complexity index is 1110. The summed E-state index contributed by atoms with van der Waals surface area (Å²) in [4.78, 5) is 4.68. The monoisotopic (exact) mass is 447 g/mol. The highest BCUT2D eigenvalue weighted by atomic mass is 32.2. The van der Waals surface area contributed by atoms with Crippen molar-refractivity contribution in [2.45, 2.75) is 15.7 Å². The number of rotatable bonds is 4. The molecule has 0 saturated carbocycles. The quantitative estimate of drug-likeness (QED) is 0.648. The number of nitrogens with zero attached hydrogens (tertiary/aromatic N) is 2. The first-order valence-corrected chi connectivity index (χ1v) is 12.5. The summed E-state index contributed by atoms with van der Waals surface area (Å²) in [5.74, 6) is 0.811. The lowest BCUT2D eigenvalue weighted by molar-refractivity contribution is 0.251. The van der Waals surface area contributed by atoms with E-state index in [0.29, 0.717) is 5.57 Å². The molecule has 0 spiro atoms. The van der Waals surface area contributed by atoms with Gasteiger partial charge in [0.15, 0.2) is 0 Å². The summed E-state index contributed by atoms with van der Waals surface area (Å²) in [6, 6.07) is 19.2. The molecule has 2 aliphatic rings. The number of hydrogen-bond acceptors (Lipinski definition) is 6. The van der Waals surface area contributed by atoms with Gasteiger partial charge >= 0.3 is 0 Å². The summed E-state index contributed by atoms with van der Waals surface area (Å²) in [7, 11) is 2.09. The van der Waals surface area contributed by atoms with E-state index in [-0.39, 0.29) is 11.8 Å². The van der Waals surface area contributed by atoms with Gasteiger partial charge in [0.2, 0.25) is 5.88 Å². The fourth-order valence-electron chi connectivity index (χ4n) is 4.12. The molecule has 4 rings (SSSR count). The molecule has 31 heavy (non-hydrogen) atoms. The Morgan fingerprint density at radius 2 is 1.65 bits per heavy atom. The van der Waals surface area contributed by atoms with Crippen molar-refractivity contribution in [3.63, 3.8) is 0 Å². The van der Waals surface area contributed by atoms with Crippen molar-refractivity contribution in [2.24, 2.45) is 5.73 Å². The second kappa shape index (κ2) is 9.27. The molecule has 0 unspecified atom stereocenters. The predicted octanol–water partition coefficient (Wildman–Crippen LogP) is 5.22. The van der Waals surface area contributed by atoms with Crippen molar-refractivity contribution in [3.8, 4) is 6.07 Å². The number of allylic oxidation sites excluding steroid dienone is 1. The van der Waals surface area contributed by atoms with Gasteiger partial charge < -0.3 is 10.5 Å². The van der Waals surface area contributed by atoms with Gasteiger partial charge in [-0.3, -0.25) is 4.90 Å². The molecule has 0 bridgehead atoms. The van der Waals surface area contributed by atoms with E-state index in [9.17, 15) is 5.26 Å². The zero-order valence-electron chi connectivity index (χ0n) is 17.9. The van der Waals surface area contributed by atoms with Crippen LogP contribution in [0.15, 0.2) is 86.7 Å². The minimum Gasteiger partial charge on any atom is -0.440 e. The first kappa shape index (κ1) is 21.6. The normalized spacial score (nSPS) is 20.5. The number of benzene rings is 2. The second-order valence-electron chi connectivity index (χ2n) is 7.67. The van der Waals surface area contributed by atoms with Crippen LogP contribution in [0.1, 0.15) is 17.0 Å². The number of nitrogens with two attached hydrogens (primary N) is 1. The highest BCUT2D eigenvalue weighted by molar-refractivity contribution is 7.98. The predicted molar refractivity (Wildman–Crippen MR) is 130 cm³/mol. The lowest BCUT2D eigenvalue weighted by Crippen LogP contribution is -2.35. The van der Waals surface area contributed by atoms with Crippen LogP contribution in [0, 0.1) is 11.3 Å². The van der Waals surface area contributed by atoms with E-state index in [1.54, 1.807) is 23.5 Å². The smallest absolute Gasteiger partial charge is 0.205 e. The van der Waals surface area contributed by atoms with Crippen molar-refractivity contribution in [1.82, 2.24) is 4.90 Å². The third-order valence-corrected chi connectivity index (χ3v) is 7.09. The van der Waals surface area contributed by atoms with Crippen LogP contribution in [0.4, 0.5) is 0 Å².